The van der Waals surface area contributed by atoms with Crippen LogP contribution in [0.5, 0.6) is 11.8 Å². The van der Waals surface area contributed by atoms with Crippen LogP contribution in [0.1, 0.15) is 33.1 Å². The Morgan fingerprint density at radius 1 is 1.18 bits per heavy atom. The van der Waals surface area contributed by atoms with E-state index < -0.39 is 11.6 Å². The Balaban J connectivity index is 1.48. The van der Waals surface area contributed by atoms with E-state index in [9.17, 15) is 4.39 Å². The van der Waals surface area contributed by atoms with Crippen molar-refractivity contribution in [2.45, 2.75) is 51.3 Å². The van der Waals surface area contributed by atoms with Crippen LogP contribution in [0.15, 0.2) is 12.1 Å². The van der Waals surface area contributed by atoms with Gasteiger partial charge in [-0.2, -0.15) is 9.97 Å². The van der Waals surface area contributed by atoms with E-state index in [2.05, 4.69) is 33.6 Å². The molecular weight excluding hydrogens is 622 g/mol. The lowest BCUT2D eigenvalue weighted by Gasteiger charge is -2.33. The first-order valence-electron chi connectivity index (χ1n) is 15.1. The standard InChI is InChI=1S/C32H33ClF2N6O3S/c1-15(17-9-12-42-14-17)41-11-13-43-28-23-26(38-32(39-31(23)41)44-16(2)20-6-5-10-40(20)4)25(35)21(24(28)33)18-7-8-19(34)29-22(18)27(37-3)30(36)45-29/h7-8,15-17,20H,5-6,9-14,36H2,1-2,4H3/t15?,16-,17?,20?/m0/s1. The van der Waals surface area contributed by atoms with Crippen molar-refractivity contribution in [3.63, 3.8) is 0 Å². The van der Waals surface area contributed by atoms with E-state index in [0.717, 1.165) is 37.1 Å². The summed E-state index contributed by atoms with van der Waals surface area (Å²) >= 11 is 7.98. The van der Waals surface area contributed by atoms with Crippen LogP contribution in [-0.2, 0) is 4.74 Å². The first kappa shape index (κ1) is 30.2. The van der Waals surface area contributed by atoms with E-state index in [-0.39, 0.29) is 84.9 Å². The molecule has 7 rings (SSSR count). The lowest BCUT2D eigenvalue weighted by Crippen LogP contribution is -2.41. The molecule has 4 atom stereocenters. The lowest BCUT2D eigenvalue weighted by molar-refractivity contribution is 0.112. The van der Waals surface area contributed by atoms with E-state index in [1.54, 1.807) is 0 Å². The normalized spacial score (nSPS) is 21.6. The van der Waals surface area contributed by atoms with E-state index in [1.807, 2.05) is 6.92 Å². The number of anilines is 2. The third kappa shape index (κ3) is 4.92. The summed E-state index contributed by atoms with van der Waals surface area (Å²) in [5, 5.41) is 0.682. The van der Waals surface area contributed by atoms with Crippen molar-refractivity contribution < 1.29 is 23.0 Å². The molecule has 0 radical (unpaired) electrons. The highest BCUT2D eigenvalue weighted by Crippen LogP contribution is 2.52. The second-order valence-corrected chi connectivity index (χ2v) is 13.5. The fourth-order valence-corrected chi connectivity index (χ4v) is 8.34. The summed E-state index contributed by atoms with van der Waals surface area (Å²) < 4.78 is 50.6. The molecule has 2 aromatic carbocycles. The zero-order valence-electron chi connectivity index (χ0n) is 25.2. The summed E-state index contributed by atoms with van der Waals surface area (Å²) in [7, 11) is 2.06. The van der Waals surface area contributed by atoms with E-state index in [1.165, 1.54) is 12.1 Å². The van der Waals surface area contributed by atoms with E-state index in [0.29, 0.717) is 31.0 Å². The Morgan fingerprint density at radius 2 is 2.00 bits per heavy atom. The molecular formula is C32H33ClF2N6O3S. The van der Waals surface area contributed by atoms with Crippen LogP contribution >= 0.6 is 22.9 Å². The van der Waals surface area contributed by atoms with Gasteiger partial charge < -0.3 is 24.8 Å². The van der Waals surface area contributed by atoms with Crippen molar-refractivity contribution in [2.24, 2.45) is 5.92 Å². The summed E-state index contributed by atoms with van der Waals surface area (Å²) in [6.07, 6.45) is 2.69. The van der Waals surface area contributed by atoms with Gasteiger partial charge in [0.15, 0.2) is 11.6 Å². The summed E-state index contributed by atoms with van der Waals surface area (Å²) in [4.78, 5) is 17.5. The molecule has 2 saturated heterocycles. The third-order valence-electron chi connectivity index (χ3n) is 9.52. The predicted molar refractivity (Wildman–Crippen MR) is 173 cm³/mol. The molecule has 0 amide bonds. The maximum absolute atomic E-state index is 17.1. The SMILES string of the molecule is [C-]#[N+]c1c(N)sc2c(F)ccc(-c3c(Cl)c4c5c(nc(O[C@@H](C)C6CCCN6C)nc5c3F)N(C(C)C3CCOC3)CCO4)c12. The second kappa shape index (κ2) is 11.7. The molecule has 45 heavy (non-hydrogen) atoms. The molecule has 2 fully saturated rings. The molecule has 3 aliphatic rings. The number of thiophene rings is 1. The van der Waals surface area contributed by atoms with Gasteiger partial charge in [0.2, 0.25) is 5.69 Å². The van der Waals surface area contributed by atoms with Gasteiger partial charge in [-0.25, -0.2) is 13.6 Å². The van der Waals surface area contributed by atoms with Crippen LogP contribution in [0.25, 0.3) is 37.0 Å². The van der Waals surface area contributed by atoms with Gasteiger partial charge in [-0.3, -0.25) is 4.90 Å². The highest BCUT2D eigenvalue weighted by molar-refractivity contribution is 7.23. The number of hydrogen-bond donors (Lipinski definition) is 1. The van der Waals surface area contributed by atoms with Crippen molar-refractivity contribution in [2.75, 3.05) is 50.6 Å². The predicted octanol–water partition coefficient (Wildman–Crippen LogP) is 7.06. The van der Waals surface area contributed by atoms with Gasteiger partial charge in [-0.1, -0.05) is 17.7 Å². The van der Waals surface area contributed by atoms with Gasteiger partial charge in [0.05, 0.1) is 39.8 Å². The number of nitrogens with zero attached hydrogens (tertiary/aromatic N) is 5. The summed E-state index contributed by atoms with van der Waals surface area (Å²) in [5.74, 6) is -0.342. The Morgan fingerprint density at radius 3 is 2.71 bits per heavy atom. The molecule has 5 heterocycles. The number of nitrogens with two attached hydrogens (primary N) is 1. The van der Waals surface area contributed by atoms with Gasteiger partial charge >= 0.3 is 6.01 Å². The van der Waals surface area contributed by atoms with Crippen LogP contribution < -0.4 is 20.1 Å². The zero-order chi connectivity index (χ0) is 31.6. The number of halogens is 3. The summed E-state index contributed by atoms with van der Waals surface area (Å²) in [5.41, 5.74) is 6.32. The molecule has 3 unspecified atom stereocenters. The van der Waals surface area contributed by atoms with Crippen LogP contribution in [0.3, 0.4) is 0 Å². The fourth-order valence-electron chi connectivity index (χ4n) is 7.07. The molecule has 3 aliphatic heterocycles. The minimum Gasteiger partial charge on any atom is -0.489 e. The fraction of sp³-hybridized carbons (Fsp3) is 0.469. The maximum Gasteiger partial charge on any atom is 0.319 e. The summed E-state index contributed by atoms with van der Waals surface area (Å²) in [6.45, 7) is 14.8. The molecule has 0 spiro atoms. The molecule has 0 bridgehead atoms. The van der Waals surface area contributed by atoms with E-state index >= 15 is 4.39 Å². The Bertz CT molecular complexity index is 1860. The number of likely N-dealkylation sites (N-methyl/N-ethyl adjacent to an activating group) is 1. The van der Waals surface area contributed by atoms with Crippen molar-refractivity contribution in [1.82, 2.24) is 14.9 Å². The number of likely N-dealkylation sites (tertiary alicyclic amines) is 1. The van der Waals surface area contributed by atoms with Crippen molar-refractivity contribution in [3.05, 3.63) is 40.2 Å². The van der Waals surface area contributed by atoms with Gasteiger partial charge in [-0.15, -0.1) is 11.3 Å². The van der Waals surface area contributed by atoms with Gasteiger partial charge in [0.25, 0.3) is 0 Å². The van der Waals surface area contributed by atoms with Gasteiger partial charge in [0, 0.05) is 35.6 Å². The minimum atomic E-state index is -0.742. The topological polar surface area (TPSA) is 90.3 Å². The van der Waals surface area contributed by atoms with Crippen molar-refractivity contribution >= 4 is 60.4 Å². The molecule has 0 saturated carbocycles. The molecule has 13 heteroatoms. The quantitative estimate of drug-likeness (QED) is 0.221. The Hall–Kier alpha value is -3.50. The average Bonchev–Trinajstić information content (AvgIpc) is 3.75. The summed E-state index contributed by atoms with van der Waals surface area (Å²) in [6, 6.07) is 2.87. The maximum atomic E-state index is 17.1. The average molecular weight is 655 g/mol. The minimum absolute atomic E-state index is 0.000342. The largest absolute Gasteiger partial charge is 0.489 e. The van der Waals surface area contributed by atoms with Crippen LogP contribution in [0.4, 0.5) is 25.3 Å². The first-order valence-corrected chi connectivity index (χ1v) is 16.3. The monoisotopic (exact) mass is 654 g/mol. The number of benzene rings is 2. The number of fused-ring (bicyclic) bond motifs is 1. The highest BCUT2D eigenvalue weighted by atomic mass is 35.5. The molecule has 0 aliphatic carbocycles. The Kier molecular flexibility index (Phi) is 7.84. The van der Waals surface area contributed by atoms with Crippen LogP contribution in [0, 0.1) is 24.1 Å². The number of hydrogen-bond acceptors (Lipinski definition) is 9. The smallest absolute Gasteiger partial charge is 0.319 e. The molecule has 2 N–H and O–H groups in total. The van der Waals surface area contributed by atoms with Crippen LogP contribution in [-0.4, -0.2) is 73.0 Å². The van der Waals surface area contributed by atoms with E-state index in [4.69, 9.17) is 43.1 Å². The van der Waals surface area contributed by atoms with Gasteiger partial charge in [0.1, 0.15) is 29.9 Å². The van der Waals surface area contributed by atoms with Crippen molar-refractivity contribution in [1.29, 1.82) is 0 Å². The Labute approximate surface area is 268 Å². The number of nitrogen functional groups attached to an aromatic ring is 1. The number of rotatable bonds is 6. The first-order chi connectivity index (χ1) is 21.7. The molecule has 236 valence electrons. The van der Waals surface area contributed by atoms with Gasteiger partial charge in [-0.05, 0) is 58.3 Å². The second-order valence-electron chi connectivity index (χ2n) is 12.0. The molecule has 4 aromatic rings. The molecule has 2 aromatic heterocycles. The van der Waals surface area contributed by atoms with Crippen molar-refractivity contribution in [3.8, 4) is 22.9 Å². The zero-order valence-corrected chi connectivity index (χ0v) is 26.8. The third-order valence-corrected chi connectivity index (χ3v) is 10.9. The number of aromatic nitrogens is 2. The number of ether oxygens (including phenoxy) is 3. The molecule has 9 nitrogen and oxygen atoms in total. The lowest BCUT2D eigenvalue weighted by atomic mass is 9.96. The highest BCUT2D eigenvalue weighted by Gasteiger charge is 2.36. The van der Waals surface area contributed by atoms with Crippen LogP contribution in [0.2, 0.25) is 5.02 Å².